The van der Waals surface area contributed by atoms with Crippen molar-refractivity contribution in [2.75, 3.05) is 0 Å². The Hall–Kier alpha value is 0.292. The molecule has 0 saturated heterocycles. The molecule has 2 nitrogen and oxygen atoms in total. The number of Topliss-reactive ketones (excluding diaryl/α,β-unsaturated/α-hetero) is 2. The smallest absolute Gasteiger partial charge is 0.147 e. The minimum absolute atomic E-state index is 0. The zero-order valence-electron chi connectivity index (χ0n) is 5.96. The van der Waals surface area contributed by atoms with Crippen molar-refractivity contribution in [1.82, 2.24) is 0 Å². The summed E-state index contributed by atoms with van der Waals surface area (Å²) in [5.74, 6) is 0.371. The van der Waals surface area contributed by atoms with E-state index in [0.29, 0.717) is 27.8 Å². The molecule has 0 amide bonds. The molecule has 0 unspecified atom stereocenters. The number of hydrogen-bond acceptors (Lipinski definition) is 2. The van der Waals surface area contributed by atoms with E-state index >= 15 is 0 Å². The van der Waals surface area contributed by atoms with E-state index in [-0.39, 0.29) is 24.0 Å². The molecular formula is C6H11ClO2Pd. The van der Waals surface area contributed by atoms with Crippen molar-refractivity contribution in [1.29, 1.82) is 0 Å². The Balaban J connectivity index is 0. The van der Waals surface area contributed by atoms with Gasteiger partial charge in [-0.1, -0.05) is 0 Å². The van der Waals surface area contributed by atoms with Crippen LogP contribution in [-0.4, -0.2) is 11.6 Å². The van der Waals surface area contributed by atoms with Gasteiger partial charge >= 0.3 is 62.8 Å². The molecule has 0 radical (unpaired) electrons. The van der Waals surface area contributed by atoms with Crippen LogP contribution in [0.1, 0.15) is 13.8 Å². The Labute approximate surface area is 75.3 Å². The molecule has 0 aliphatic rings. The fourth-order valence-electron chi connectivity index (χ4n) is 0.262. The quantitative estimate of drug-likeness (QED) is 0.715. The van der Waals surface area contributed by atoms with E-state index < -0.39 is 0 Å². The van der Waals surface area contributed by atoms with Gasteiger partial charge in [-0.05, 0) is 0 Å². The van der Waals surface area contributed by atoms with E-state index in [1.165, 1.54) is 0 Å². The maximum absolute atomic E-state index is 10.3. The van der Waals surface area contributed by atoms with Crippen LogP contribution in [0, 0.1) is 0 Å². The minimum atomic E-state index is 0. The topological polar surface area (TPSA) is 34.1 Å². The number of rotatable bonds is 4. The van der Waals surface area contributed by atoms with Crippen LogP contribution >= 0.6 is 12.4 Å². The van der Waals surface area contributed by atoms with Crippen molar-refractivity contribution in [3.8, 4) is 0 Å². The molecule has 0 bridgehead atoms. The zero-order chi connectivity index (χ0) is 7.28. The molecule has 10 heavy (non-hydrogen) atoms. The van der Waals surface area contributed by atoms with Gasteiger partial charge in [0.15, 0.2) is 0 Å². The largest absolute Gasteiger partial charge is 0.147 e. The van der Waals surface area contributed by atoms with Crippen LogP contribution < -0.4 is 0 Å². The summed E-state index contributed by atoms with van der Waals surface area (Å²) in [6.45, 7) is 3.11. The van der Waals surface area contributed by atoms with Crippen LogP contribution in [0.15, 0.2) is 0 Å². The molecule has 0 aromatic carbocycles. The van der Waals surface area contributed by atoms with Crippen molar-refractivity contribution in [2.24, 2.45) is 0 Å². The fourth-order valence-corrected chi connectivity index (χ4v) is 1.55. The molecule has 4 heteroatoms. The summed E-state index contributed by atoms with van der Waals surface area (Å²) in [6.07, 6.45) is 0. The van der Waals surface area contributed by atoms with Gasteiger partial charge < -0.3 is 0 Å². The van der Waals surface area contributed by atoms with Crippen molar-refractivity contribution in [3.05, 3.63) is 0 Å². The van der Waals surface area contributed by atoms with E-state index in [0.717, 1.165) is 0 Å². The molecule has 0 aromatic heterocycles. The molecule has 0 atom stereocenters. The first-order valence-electron chi connectivity index (χ1n) is 2.56. The van der Waals surface area contributed by atoms with E-state index in [2.05, 4.69) is 0 Å². The van der Waals surface area contributed by atoms with Gasteiger partial charge in [0.2, 0.25) is 0 Å². The Kier molecular flexibility index (Phi) is 9.56. The van der Waals surface area contributed by atoms with Crippen LogP contribution in [0.25, 0.3) is 0 Å². The molecule has 0 N–H and O–H groups in total. The molecule has 0 heterocycles. The third-order valence-corrected chi connectivity index (χ3v) is 2.80. The van der Waals surface area contributed by atoms with Crippen LogP contribution in [-0.2, 0) is 27.6 Å². The van der Waals surface area contributed by atoms with E-state index in [4.69, 9.17) is 0 Å². The van der Waals surface area contributed by atoms with Crippen LogP contribution in [0.2, 0.25) is 9.79 Å². The first kappa shape index (κ1) is 12.9. The van der Waals surface area contributed by atoms with E-state index in [1.54, 1.807) is 13.8 Å². The van der Waals surface area contributed by atoms with Gasteiger partial charge in [-0.2, -0.15) is 0 Å². The second-order valence-corrected chi connectivity index (χ2v) is 3.66. The minimum Gasteiger partial charge on any atom is -0.147 e. The van der Waals surface area contributed by atoms with Gasteiger partial charge in [-0.25, -0.2) is 0 Å². The summed E-state index contributed by atoms with van der Waals surface area (Å²) in [7, 11) is 0. The monoisotopic (exact) mass is 256 g/mol. The average molecular weight is 257 g/mol. The van der Waals surface area contributed by atoms with E-state index in [1.807, 2.05) is 0 Å². The molecule has 0 saturated carbocycles. The summed E-state index contributed by atoms with van der Waals surface area (Å²) in [5, 5.41) is 0. The van der Waals surface area contributed by atoms with Crippen molar-refractivity contribution in [2.45, 2.75) is 23.6 Å². The first-order valence-corrected chi connectivity index (χ1v) is 4.76. The SMILES string of the molecule is CC(=O)[CH2][Pd][CH2]C(C)=O.Cl. The summed E-state index contributed by atoms with van der Waals surface area (Å²) in [5.41, 5.74) is 0. The number of carbonyl (C=O) groups is 2. The summed E-state index contributed by atoms with van der Waals surface area (Å²) in [6, 6.07) is 0. The Bertz CT molecular complexity index is 111. The third-order valence-electron chi connectivity index (χ3n) is 0.473. The third kappa shape index (κ3) is 11.1. The second kappa shape index (κ2) is 7.40. The predicted molar refractivity (Wildman–Crippen MR) is 38.2 cm³/mol. The summed E-state index contributed by atoms with van der Waals surface area (Å²) in [4.78, 5) is 21.8. The number of halogens is 1. The molecule has 0 fully saturated rings. The van der Waals surface area contributed by atoms with Crippen molar-refractivity contribution in [3.63, 3.8) is 0 Å². The molecule has 0 aliphatic heterocycles. The van der Waals surface area contributed by atoms with Crippen molar-refractivity contribution < 1.29 is 27.6 Å². The summed E-state index contributed by atoms with van der Waals surface area (Å²) >= 11 is 0.319. The molecule has 64 valence electrons. The summed E-state index contributed by atoms with van der Waals surface area (Å²) < 4.78 is 0. The first-order chi connectivity index (χ1) is 4.13. The van der Waals surface area contributed by atoms with Gasteiger partial charge in [0, 0.05) is 0 Å². The van der Waals surface area contributed by atoms with E-state index in [9.17, 15) is 9.59 Å². The standard InChI is InChI=1S/2C3H5O.ClH.Pd/c2*1-3(2)4;;/h2*1H2,2H3;1H;. The van der Waals surface area contributed by atoms with Gasteiger partial charge in [-0.3, -0.25) is 0 Å². The molecule has 0 spiro atoms. The predicted octanol–water partition coefficient (Wildman–Crippen LogP) is 1.51. The van der Waals surface area contributed by atoms with Gasteiger partial charge in [0.1, 0.15) is 0 Å². The Morgan fingerprint density at radius 2 is 1.40 bits per heavy atom. The maximum atomic E-state index is 10.3. The van der Waals surface area contributed by atoms with Gasteiger partial charge in [0.05, 0.1) is 0 Å². The van der Waals surface area contributed by atoms with Crippen molar-refractivity contribution >= 4 is 24.0 Å². The average Bonchev–Trinajstić information content (AvgIpc) is 1.63. The molecule has 0 rings (SSSR count). The molecule has 0 aromatic rings. The second-order valence-electron chi connectivity index (χ2n) is 1.79. The van der Waals surface area contributed by atoms with Crippen LogP contribution in [0.5, 0.6) is 0 Å². The molecular weight excluding hydrogens is 246 g/mol. The Morgan fingerprint density at radius 1 is 1.10 bits per heavy atom. The molecule has 0 aliphatic carbocycles. The van der Waals surface area contributed by atoms with Gasteiger partial charge in [-0.15, -0.1) is 12.4 Å². The van der Waals surface area contributed by atoms with Crippen LogP contribution in [0.4, 0.5) is 0 Å². The number of ketones is 2. The zero-order valence-corrected chi connectivity index (χ0v) is 8.33. The number of carbonyl (C=O) groups excluding carboxylic acids is 2. The van der Waals surface area contributed by atoms with Gasteiger partial charge in [0.25, 0.3) is 0 Å². The Morgan fingerprint density at radius 3 is 1.60 bits per heavy atom. The fraction of sp³-hybridized carbons (Fsp3) is 0.667. The van der Waals surface area contributed by atoms with Crippen LogP contribution in [0.3, 0.4) is 0 Å². The number of hydrogen-bond donors (Lipinski definition) is 0. The maximum Gasteiger partial charge on any atom is -0.147 e. The normalized spacial score (nSPS) is 8.60.